The van der Waals surface area contributed by atoms with Gasteiger partial charge in [0.05, 0.1) is 0 Å². The Bertz CT molecular complexity index is 825. The molecule has 0 aromatic carbocycles. The molecule has 0 bridgehead atoms. The van der Waals surface area contributed by atoms with Gasteiger partial charge in [0, 0.05) is 46.0 Å². The van der Waals surface area contributed by atoms with Crippen LogP contribution < -0.4 is 16.0 Å². The van der Waals surface area contributed by atoms with Gasteiger partial charge in [0.15, 0.2) is 0 Å². The molecule has 0 rings (SSSR count). The zero-order chi connectivity index (χ0) is 37.3. The second kappa shape index (κ2) is 27.1. The first kappa shape index (κ1) is 51.0. The number of likely N-dealkylation sites (N-methyl/N-ethyl adjacent to an activating group) is 2. The van der Waals surface area contributed by atoms with Crippen LogP contribution in [0.15, 0.2) is 24.3 Å². The summed E-state index contributed by atoms with van der Waals surface area (Å²) in [5.74, 6) is 2.55. The van der Waals surface area contributed by atoms with Gasteiger partial charge < -0.3 is 40.0 Å². The molecule has 0 aromatic rings. The Kier molecular flexibility index (Phi) is 30.1. The largest absolute Gasteiger partial charge is 0.444 e. The summed E-state index contributed by atoms with van der Waals surface area (Å²) in [4.78, 5) is 37.1. The summed E-state index contributed by atoms with van der Waals surface area (Å²) in [6.07, 6.45) is -1.23. The fraction of sp³-hybridized carbons (Fsp3) is 0.781. The molecule has 0 fully saturated rings. The molecule has 11 nitrogen and oxygen atoms in total. The van der Waals surface area contributed by atoms with E-state index in [1.54, 1.807) is 14.1 Å². The number of ether oxygens (including phenoxy) is 3. The number of hydrogen-bond donors (Lipinski definition) is 4. The highest BCUT2D eigenvalue weighted by Crippen LogP contribution is 2.12. The highest BCUT2D eigenvalue weighted by atomic mass is 35.5. The monoisotopic (exact) mass is 717 g/mol. The average Bonchev–Trinajstić information content (AvgIpc) is 2.90. The highest BCUT2D eigenvalue weighted by Gasteiger charge is 2.22. The lowest BCUT2D eigenvalue weighted by atomic mass is 10.2. The van der Waals surface area contributed by atoms with Crippen LogP contribution >= 0.6 is 35.8 Å². The topological polar surface area (TPSA) is 121 Å². The van der Waals surface area contributed by atoms with Crippen LogP contribution in [-0.2, 0) is 14.2 Å². The van der Waals surface area contributed by atoms with E-state index < -0.39 is 23.4 Å². The maximum absolute atomic E-state index is 11.9. The number of carbonyl (C=O) groups excluding carboxylic acids is 3. The van der Waals surface area contributed by atoms with Gasteiger partial charge in [0.2, 0.25) is 0 Å². The van der Waals surface area contributed by atoms with Crippen LogP contribution in [0.3, 0.4) is 0 Å². The Balaban J connectivity index is -0.000000301. The number of allylic oxidation sites excluding steroid dienone is 1. The summed E-state index contributed by atoms with van der Waals surface area (Å²) in [7, 11) is 8.73. The fourth-order valence-corrected chi connectivity index (χ4v) is 3.22. The van der Waals surface area contributed by atoms with Crippen molar-refractivity contribution in [1.29, 1.82) is 0 Å². The van der Waals surface area contributed by atoms with Crippen molar-refractivity contribution in [2.75, 3.05) is 78.9 Å². The highest BCUT2D eigenvalue weighted by molar-refractivity contribution is 7.80. The minimum Gasteiger partial charge on any atom is -0.444 e. The van der Waals surface area contributed by atoms with Gasteiger partial charge in [-0.3, -0.25) is 0 Å². The van der Waals surface area contributed by atoms with Crippen molar-refractivity contribution >= 4 is 54.1 Å². The molecule has 0 unspecified atom stereocenters. The summed E-state index contributed by atoms with van der Waals surface area (Å²) in [6.45, 7) is 26.4. The molecule has 0 saturated carbocycles. The predicted octanol–water partition coefficient (Wildman–Crippen LogP) is 6.41. The first-order valence-electron chi connectivity index (χ1n) is 15.0. The molecule has 46 heavy (non-hydrogen) atoms. The first-order chi connectivity index (χ1) is 20.8. The van der Waals surface area contributed by atoms with Crippen molar-refractivity contribution in [2.24, 2.45) is 5.92 Å². The summed E-state index contributed by atoms with van der Waals surface area (Å²) in [6, 6.07) is 0. The van der Waals surface area contributed by atoms with Gasteiger partial charge in [-0.15, -0.1) is 23.2 Å². The maximum Gasteiger partial charge on any atom is 0.410 e. The number of alkyl carbamates (subject to hydrolysis) is 1. The zero-order valence-corrected chi connectivity index (χ0v) is 33.4. The number of hydrogen-bond acceptors (Lipinski definition) is 9. The van der Waals surface area contributed by atoms with Gasteiger partial charge in [-0.1, -0.05) is 13.2 Å². The van der Waals surface area contributed by atoms with Crippen LogP contribution in [0, 0.1) is 5.92 Å². The van der Waals surface area contributed by atoms with Gasteiger partial charge in [-0.25, -0.2) is 14.4 Å². The normalized spacial score (nSPS) is 10.8. The molecule has 0 aliphatic heterocycles. The van der Waals surface area contributed by atoms with Crippen molar-refractivity contribution in [3.05, 3.63) is 24.3 Å². The number of amides is 3. The molecule has 3 amide bonds. The minimum absolute atomic E-state index is 0.308. The molecule has 3 N–H and O–H groups in total. The van der Waals surface area contributed by atoms with Crippen LogP contribution in [0.4, 0.5) is 14.4 Å². The Hall–Kier alpha value is -1.86. The SMILES string of the molecule is C=C(CCl)CCl.C=C(CN(C)C(=O)OC(C)(C)C)CN(C)C(=O)OC(C)(C)C.CNC(=O)OC(C)(C)C.CNCC(CS)CNC. The Morgan fingerprint density at radius 2 is 1.02 bits per heavy atom. The Labute approximate surface area is 295 Å². The van der Waals surface area contributed by atoms with E-state index in [-0.39, 0.29) is 11.7 Å². The molecule has 0 aliphatic carbocycles. The van der Waals surface area contributed by atoms with Gasteiger partial charge in [-0.2, -0.15) is 12.6 Å². The number of nitrogens with one attached hydrogen (secondary N) is 3. The van der Waals surface area contributed by atoms with E-state index >= 15 is 0 Å². The molecule has 0 saturated heterocycles. The van der Waals surface area contributed by atoms with Crippen molar-refractivity contribution in [3.8, 4) is 0 Å². The van der Waals surface area contributed by atoms with E-state index in [0.29, 0.717) is 36.3 Å². The summed E-state index contributed by atoms with van der Waals surface area (Å²) >= 11 is 14.7. The second-order valence-electron chi connectivity index (χ2n) is 13.4. The third-order valence-electron chi connectivity index (χ3n) is 4.56. The van der Waals surface area contributed by atoms with E-state index in [1.807, 2.05) is 76.4 Å². The van der Waals surface area contributed by atoms with Crippen LogP contribution in [0.25, 0.3) is 0 Å². The first-order valence-corrected chi connectivity index (χ1v) is 16.7. The average molecular weight is 719 g/mol. The lowest BCUT2D eigenvalue weighted by Crippen LogP contribution is -2.38. The summed E-state index contributed by atoms with van der Waals surface area (Å²) < 4.78 is 15.4. The number of nitrogens with zero attached hydrogens (tertiary/aromatic N) is 2. The molecule has 0 atom stereocenters. The molecule has 0 heterocycles. The molecule has 0 aliphatic rings. The minimum atomic E-state index is -0.542. The lowest BCUT2D eigenvalue weighted by molar-refractivity contribution is 0.0293. The van der Waals surface area contributed by atoms with Crippen molar-refractivity contribution in [2.45, 2.75) is 79.1 Å². The van der Waals surface area contributed by atoms with E-state index in [0.717, 1.165) is 24.4 Å². The molecule has 0 spiro atoms. The van der Waals surface area contributed by atoms with Gasteiger partial charge in [-0.05, 0) is 112 Å². The van der Waals surface area contributed by atoms with Gasteiger partial charge in [0.25, 0.3) is 0 Å². The second-order valence-corrected chi connectivity index (χ2v) is 14.3. The van der Waals surface area contributed by atoms with Crippen molar-refractivity contribution in [1.82, 2.24) is 25.8 Å². The number of rotatable bonds is 11. The molecule has 0 aromatic heterocycles. The van der Waals surface area contributed by atoms with Crippen molar-refractivity contribution in [3.63, 3.8) is 0 Å². The van der Waals surface area contributed by atoms with E-state index in [9.17, 15) is 14.4 Å². The van der Waals surface area contributed by atoms with Crippen LogP contribution in [0.1, 0.15) is 62.3 Å². The fourth-order valence-electron chi connectivity index (χ4n) is 2.67. The third kappa shape index (κ3) is 38.3. The van der Waals surface area contributed by atoms with Gasteiger partial charge >= 0.3 is 18.3 Å². The van der Waals surface area contributed by atoms with Gasteiger partial charge in [0.1, 0.15) is 16.8 Å². The van der Waals surface area contributed by atoms with Crippen LogP contribution in [0.2, 0.25) is 0 Å². The molecular weight excluding hydrogens is 653 g/mol. The molecular formula is C32H65Cl2N5O6S. The quantitative estimate of drug-likeness (QED) is 0.0838. The molecule has 14 heteroatoms. The van der Waals surface area contributed by atoms with E-state index in [2.05, 4.69) is 41.7 Å². The Morgan fingerprint density at radius 3 is 1.20 bits per heavy atom. The predicted molar refractivity (Wildman–Crippen MR) is 198 cm³/mol. The third-order valence-corrected chi connectivity index (χ3v) is 5.83. The number of alkyl halides is 2. The lowest BCUT2D eigenvalue weighted by Gasteiger charge is -2.27. The maximum atomic E-state index is 11.9. The molecule has 0 radical (unpaired) electrons. The summed E-state index contributed by atoms with van der Waals surface area (Å²) in [5, 5.41) is 8.59. The zero-order valence-electron chi connectivity index (χ0n) is 31.0. The Morgan fingerprint density at radius 1 is 0.696 bits per heavy atom. The van der Waals surface area contributed by atoms with Crippen LogP contribution in [0.5, 0.6) is 0 Å². The molecule has 274 valence electrons. The number of halogens is 2. The van der Waals surface area contributed by atoms with E-state index in [1.165, 1.54) is 16.8 Å². The number of thiol groups is 1. The van der Waals surface area contributed by atoms with E-state index in [4.69, 9.17) is 37.4 Å². The smallest absolute Gasteiger partial charge is 0.410 e. The van der Waals surface area contributed by atoms with Crippen LogP contribution in [-0.4, -0.2) is 124 Å². The number of carbonyl (C=O) groups is 3. The standard InChI is InChI=1S/C16H30N2O4.C6H16N2S.C6H13NO2.C4H6Cl2/c1-12(10-17(8)13(19)21-15(2,3)4)11-18(9)14(20)22-16(5,6)7;1-7-3-6(5-9)4-8-2;1-6(2,3)9-5(8)7-4;1-4(2-5)3-6/h1,10-11H2,2-9H3;6-9H,3-5H2,1-2H3;1-4H3,(H,7,8);1-3H2. The summed E-state index contributed by atoms with van der Waals surface area (Å²) in [5.41, 5.74) is 0.111. The van der Waals surface area contributed by atoms with Crippen molar-refractivity contribution < 1.29 is 28.6 Å².